The van der Waals surface area contributed by atoms with E-state index in [0.717, 1.165) is 68.5 Å². The molecular formula is C29H40N4O3S. The Morgan fingerprint density at radius 3 is 2.81 bits per heavy atom. The Balaban J connectivity index is 1.13. The number of unbranched alkanes of at least 4 members (excludes halogenated alkanes) is 3. The van der Waals surface area contributed by atoms with Gasteiger partial charge in [-0.05, 0) is 112 Å². The van der Waals surface area contributed by atoms with Gasteiger partial charge in [0.2, 0.25) is 6.41 Å². The van der Waals surface area contributed by atoms with E-state index in [0.29, 0.717) is 18.1 Å². The Morgan fingerprint density at radius 1 is 1.11 bits per heavy atom. The summed E-state index contributed by atoms with van der Waals surface area (Å²) in [4.78, 5) is 27.8. The number of anilines is 1. The second kappa shape index (κ2) is 13.7. The molecule has 200 valence electrons. The number of phenolic OH excluding ortho intramolecular Hbond substituents is 1. The number of carbonyl (C=O) groups excluding carboxylic acids is 1. The van der Waals surface area contributed by atoms with Crippen molar-refractivity contribution in [1.82, 2.24) is 15.2 Å². The predicted octanol–water partition coefficient (Wildman–Crippen LogP) is 4.83. The van der Waals surface area contributed by atoms with Crippen LogP contribution in [0.15, 0.2) is 35.1 Å². The third kappa shape index (κ3) is 7.66. The number of thiazole rings is 1. The van der Waals surface area contributed by atoms with Crippen LogP contribution < -0.4 is 15.5 Å². The van der Waals surface area contributed by atoms with E-state index in [1.54, 1.807) is 0 Å². The molecule has 8 heteroatoms. The summed E-state index contributed by atoms with van der Waals surface area (Å²) in [6, 6.07) is 10.5. The summed E-state index contributed by atoms with van der Waals surface area (Å²) in [5.41, 5.74) is 5.15. The van der Waals surface area contributed by atoms with Crippen molar-refractivity contribution < 1.29 is 9.90 Å². The maximum Gasteiger partial charge on any atom is 0.305 e. The van der Waals surface area contributed by atoms with Crippen LogP contribution in [0.5, 0.6) is 5.75 Å². The maximum atomic E-state index is 11.5. The number of aryl methyl sites for hydroxylation is 1. The molecule has 7 nitrogen and oxygen atoms in total. The van der Waals surface area contributed by atoms with E-state index in [4.69, 9.17) is 0 Å². The van der Waals surface area contributed by atoms with E-state index in [1.165, 1.54) is 53.7 Å². The van der Waals surface area contributed by atoms with Gasteiger partial charge >= 0.3 is 4.87 Å². The number of fused-ring (bicyclic) bond motifs is 2. The number of aromatic amines is 1. The second-order valence-corrected chi connectivity index (χ2v) is 11.1. The van der Waals surface area contributed by atoms with Crippen molar-refractivity contribution in [2.45, 2.75) is 70.8 Å². The van der Waals surface area contributed by atoms with Gasteiger partial charge in [-0.2, -0.15) is 0 Å². The lowest BCUT2D eigenvalue weighted by atomic mass is 9.86. The smallest absolute Gasteiger partial charge is 0.305 e. The van der Waals surface area contributed by atoms with Gasteiger partial charge in [0.15, 0.2) is 0 Å². The first-order valence-corrected chi connectivity index (χ1v) is 14.5. The fourth-order valence-corrected chi connectivity index (χ4v) is 6.25. The molecule has 0 spiro atoms. The zero-order valence-electron chi connectivity index (χ0n) is 21.9. The monoisotopic (exact) mass is 524 g/mol. The Hall–Kier alpha value is -2.68. The van der Waals surface area contributed by atoms with E-state index in [1.807, 2.05) is 18.2 Å². The standard InChI is InChI=1S/C29H40N4O3S/c1-2-14-33(24-9-8-22-19-27(35)26(31-20-34)18-23(22)17-24)15-6-4-3-5-12-30-13-11-21-7-10-25-28(16-21)37-29(36)32-25/h7,10,16,18-20,24,30,35H,2-6,8-9,11-15,17H2,1H3,(H,31,34)(H,32,36). The first-order valence-electron chi connectivity index (χ1n) is 13.7. The molecular weight excluding hydrogens is 484 g/mol. The maximum absolute atomic E-state index is 11.5. The molecule has 2 aromatic carbocycles. The highest BCUT2D eigenvalue weighted by Crippen LogP contribution is 2.33. The van der Waals surface area contributed by atoms with E-state index < -0.39 is 0 Å². The number of amides is 1. The van der Waals surface area contributed by atoms with Crippen molar-refractivity contribution >= 4 is 33.7 Å². The van der Waals surface area contributed by atoms with Crippen LogP contribution in [0, 0.1) is 0 Å². The van der Waals surface area contributed by atoms with Gasteiger partial charge in [0.1, 0.15) is 5.75 Å². The number of hydrogen-bond acceptors (Lipinski definition) is 6. The quantitative estimate of drug-likeness (QED) is 0.130. The Bertz CT molecular complexity index is 1220. The van der Waals surface area contributed by atoms with Crippen molar-refractivity contribution in [1.29, 1.82) is 0 Å². The Labute approximate surface area is 223 Å². The van der Waals surface area contributed by atoms with Crippen molar-refractivity contribution in [3.05, 3.63) is 56.7 Å². The van der Waals surface area contributed by atoms with Gasteiger partial charge in [-0.1, -0.05) is 37.2 Å². The zero-order chi connectivity index (χ0) is 26.0. The van der Waals surface area contributed by atoms with Gasteiger partial charge in [-0.25, -0.2) is 0 Å². The van der Waals surface area contributed by atoms with Gasteiger partial charge in [0.25, 0.3) is 0 Å². The number of phenols is 1. The number of carbonyl (C=O) groups is 1. The molecule has 37 heavy (non-hydrogen) atoms. The van der Waals surface area contributed by atoms with Gasteiger partial charge < -0.3 is 25.6 Å². The molecule has 1 aliphatic carbocycles. The van der Waals surface area contributed by atoms with Crippen LogP contribution in [-0.4, -0.2) is 53.6 Å². The predicted molar refractivity (Wildman–Crippen MR) is 153 cm³/mol. The Morgan fingerprint density at radius 2 is 1.97 bits per heavy atom. The number of benzene rings is 2. The fourth-order valence-electron chi connectivity index (χ4n) is 5.45. The number of H-pyrrole nitrogens is 1. The van der Waals surface area contributed by atoms with Gasteiger partial charge in [-0.3, -0.25) is 9.59 Å². The number of rotatable bonds is 15. The minimum absolute atomic E-state index is 0.00976. The Kier molecular flexibility index (Phi) is 10.2. The topological polar surface area (TPSA) is 97.5 Å². The number of aromatic hydroxyl groups is 1. The molecule has 1 aromatic heterocycles. The number of nitrogens with zero attached hydrogens (tertiary/aromatic N) is 1. The lowest BCUT2D eigenvalue weighted by Crippen LogP contribution is -2.40. The summed E-state index contributed by atoms with van der Waals surface area (Å²) in [7, 11) is 0. The molecule has 0 aliphatic heterocycles. The van der Waals surface area contributed by atoms with Gasteiger partial charge in [0, 0.05) is 6.04 Å². The third-order valence-corrected chi connectivity index (χ3v) is 8.23. The first kappa shape index (κ1) is 27.4. The van der Waals surface area contributed by atoms with Crippen LogP contribution in [0.1, 0.15) is 62.1 Å². The summed E-state index contributed by atoms with van der Waals surface area (Å²) in [5.74, 6) is 0.154. The molecule has 4 N–H and O–H groups in total. The van der Waals surface area contributed by atoms with Crippen molar-refractivity contribution in [3.8, 4) is 5.75 Å². The summed E-state index contributed by atoms with van der Waals surface area (Å²) >= 11 is 1.28. The highest BCUT2D eigenvalue weighted by Gasteiger charge is 2.24. The average Bonchev–Trinajstić information content (AvgIpc) is 3.26. The van der Waals surface area contributed by atoms with Gasteiger partial charge in [0.05, 0.1) is 15.9 Å². The minimum Gasteiger partial charge on any atom is -0.506 e. The van der Waals surface area contributed by atoms with E-state index >= 15 is 0 Å². The molecule has 3 aromatic rings. The molecule has 1 amide bonds. The van der Waals surface area contributed by atoms with Crippen molar-refractivity contribution in [3.63, 3.8) is 0 Å². The molecule has 1 heterocycles. The van der Waals surface area contributed by atoms with Crippen molar-refractivity contribution in [2.75, 3.05) is 31.5 Å². The molecule has 4 rings (SSSR count). The van der Waals surface area contributed by atoms with Crippen LogP contribution in [-0.2, 0) is 24.1 Å². The molecule has 0 saturated carbocycles. The molecule has 1 aliphatic rings. The number of aromatic nitrogens is 1. The first-order chi connectivity index (χ1) is 18.1. The minimum atomic E-state index is 0.00976. The summed E-state index contributed by atoms with van der Waals surface area (Å²) in [6.07, 6.45) is 10.7. The normalized spacial score (nSPS) is 15.2. The SMILES string of the molecule is CCCN(CCCCCCNCCc1ccc2[nH]c(=O)sc2c1)C1CCc2cc(O)c(NC=O)cc2C1. The zero-order valence-corrected chi connectivity index (χ0v) is 22.7. The lowest BCUT2D eigenvalue weighted by molar-refractivity contribution is -0.105. The molecule has 0 radical (unpaired) electrons. The third-order valence-electron chi connectivity index (χ3n) is 7.39. The molecule has 0 fully saturated rings. The van der Waals surface area contributed by atoms with Crippen LogP contribution in [0.25, 0.3) is 10.2 Å². The highest BCUT2D eigenvalue weighted by atomic mass is 32.1. The number of nitrogens with one attached hydrogen (secondary N) is 3. The second-order valence-electron chi connectivity index (χ2n) is 10.1. The largest absolute Gasteiger partial charge is 0.506 e. The number of hydrogen-bond donors (Lipinski definition) is 4. The van der Waals surface area contributed by atoms with Crippen LogP contribution in [0.4, 0.5) is 5.69 Å². The molecule has 0 bridgehead atoms. The van der Waals surface area contributed by atoms with Gasteiger partial charge in [-0.15, -0.1) is 0 Å². The molecule has 1 unspecified atom stereocenters. The van der Waals surface area contributed by atoms with Crippen LogP contribution in [0.3, 0.4) is 0 Å². The molecule has 0 saturated heterocycles. The lowest BCUT2D eigenvalue weighted by Gasteiger charge is -2.35. The summed E-state index contributed by atoms with van der Waals surface area (Å²) < 4.78 is 1.04. The highest BCUT2D eigenvalue weighted by molar-refractivity contribution is 7.16. The van der Waals surface area contributed by atoms with Crippen molar-refractivity contribution in [2.24, 2.45) is 0 Å². The van der Waals surface area contributed by atoms with Crippen LogP contribution >= 0.6 is 11.3 Å². The van der Waals surface area contributed by atoms with E-state index in [2.05, 4.69) is 39.6 Å². The molecule has 1 atom stereocenters. The average molecular weight is 525 g/mol. The summed E-state index contributed by atoms with van der Waals surface area (Å²) in [5, 5.41) is 16.3. The van der Waals surface area contributed by atoms with E-state index in [-0.39, 0.29) is 10.6 Å². The van der Waals surface area contributed by atoms with Crippen LogP contribution in [0.2, 0.25) is 0 Å². The fraction of sp³-hybridized carbons (Fsp3) is 0.517. The summed E-state index contributed by atoms with van der Waals surface area (Å²) in [6.45, 7) is 6.50. The van der Waals surface area contributed by atoms with E-state index in [9.17, 15) is 14.7 Å².